The molecule has 1 aromatic rings. The fourth-order valence-electron chi connectivity index (χ4n) is 1.59. The quantitative estimate of drug-likeness (QED) is 0.676. The molecule has 1 heterocycles. The second-order valence-electron chi connectivity index (χ2n) is 4.02. The van der Waals surface area contributed by atoms with E-state index in [0.29, 0.717) is 6.42 Å². The van der Waals surface area contributed by atoms with Crippen LogP contribution in [0.5, 0.6) is 0 Å². The summed E-state index contributed by atoms with van der Waals surface area (Å²) in [5.41, 5.74) is 5.80. The number of carbonyl (C=O) groups is 1. The van der Waals surface area contributed by atoms with Crippen LogP contribution in [0.25, 0.3) is 0 Å². The molecule has 0 saturated heterocycles. The molecule has 1 aromatic heterocycles. The molecule has 16 heavy (non-hydrogen) atoms. The minimum Gasteiger partial charge on any atom is -0.347 e. The Labute approximate surface area is 95.8 Å². The van der Waals surface area contributed by atoms with Gasteiger partial charge in [0.2, 0.25) is 5.91 Å². The number of carbonyl (C=O) groups excluding carboxylic acids is 1. The molecule has 1 amide bonds. The molecule has 0 saturated carbocycles. The molecule has 5 heteroatoms. The van der Waals surface area contributed by atoms with Crippen molar-refractivity contribution in [1.29, 1.82) is 0 Å². The van der Waals surface area contributed by atoms with Crippen molar-refractivity contribution in [3.8, 4) is 0 Å². The van der Waals surface area contributed by atoms with Crippen LogP contribution in [-0.2, 0) is 4.79 Å². The van der Waals surface area contributed by atoms with Crippen LogP contribution in [0.4, 0.5) is 0 Å². The van der Waals surface area contributed by atoms with Crippen molar-refractivity contribution in [1.82, 2.24) is 15.3 Å². The number of imidazole rings is 1. The minimum absolute atomic E-state index is 0.0233. The Balaban J connectivity index is 2.34. The van der Waals surface area contributed by atoms with E-state index in [0.717, 1.165) is 18.7 Å². The van der Waals surface area contributed by atoms with Crippen molar-refractivity contribution < 1.29 is 4.79 Å². The van der Waals surface area contributed by atoms with E-state index in [9.17, 15) is 4.79 Å². The molecule has 2 atom stereocenters. The number of rotatable bonds is 6. The van der Waals surface area contributed by atoms with Crippen LogP contribution in [-0.4, -0.2) is 21.9 Å². The highest BCUT2D eigenvalue weighted by Gasteiger charge is 2.13. The number of aromatic amines is 1. The van der Waals surface area contributed by atoms with Gasteiger partial charge in [-0.3, -0.25) is 4.79 Å². The largest absolute Gasteiger partial charge is 0.347 e. The van der Waals surface area contributed by atoms with Crippen LogP contribution in [0.2, 0.25) is 0 Å². The Bertz CT molecular complexity index is 310. The first-order valence-corrected chi connectivity index (χ1v) is 5.67. The Morgan fingerprint density at radius 3 is 3.00 bits per heavy atom. The van der Waals surface area contributed by atoms with E-state index >= 15 is 0 Å². The number of amides is 1. The maximum atomic E-state index is 11.6. The Kier molecular flexibility index (Phi) is 4.98. The van der Waals surface area contributed by atoms with Gasteiger partial charge in [-0.1, -0.05) is 13.3 Å². The van der Waals surface area contributed by atoms with Gasteiger partial charge in [0, 0.05) is 24.9 Å². The number of hydrogen-bond donors (Lipinski definition) is 3. The van der Waals surface area contributed by atoms with Gasteiger partial charge in [0.1, 0.15) is 5.82 Å². The monoisotopic (exact) mass is 224 g/mol. The normalized spacial score (nSPS) is 14.4. The lowest BCUT2D eigenvalue weighted by atomic mass is 10.1. The number of hydrogen-bond acceptors (Lipinski definition) is 3. The van der Waals surface area contributed by atoms with Gasteiger partial charge >= 0.3 is 0 Å². The first-order valence-electron chi connectivity index (χ1n) is 5.67. The predicted octanol–water partition coefficient (Wildman–Crippen LogP) is 1.10. The van der Waals surface area contributed by atoms with Crippen LogP contribution < -0.4 is 11.1 Å². The molecule has 0 aromatic carbocycles. The van der Waals surface area contributed by atoms with E-state index in [1.165, 1.54) is 0 Å². The second kappa shape index (κ2) is 6.27. The van der Waals surface area contributed by atoms with E-state index in [2.05, 4.69) is 22.2 Å². The summed E-state index contributed by atoms with van der Waals surface area (Å²) in [6, 6.07) is -0.148. The minimum atomic E-state index is -0.101. The molecule has 5 nitrogen and oxygen atoms in total. The van der Waals surface area contributed by atoms with Gasteiger partial charge in [0.05, 0.1) is 6.04 Å². The summed E-state index contributed by atoms with van der Waals surface area (Å²) in [6.45, 7) is 3.95. The van der Waals surface area contributed by atoms with E-state index in [4.69, 9.17) is 5.73 Å². The van der Waals surface area contributed by atoms with Gasteiger partial charge in [-0.2, -0.15) is 0 Å². The highest BCUT2D eigenvalue weighted by molar-refractivity contribution is 5.76. The molecule has 0 aliphatic heterocycles. The summed E-state index contributed by atoms with van der Waals surface area (Å²) < 4.78 is 0. The summed E-state index contributed by atoms with van der Waals surface area (Å²) in [5.74, 6) is 0.738. The summed E-state index contributed by atoms with van der Waals surface area (Å²) in [4.78, 5) is 18.6. The van der Waals surface area contributed by atoms with Gasteiger partial charge in [-0.15, -0.1) is 0 Å². The summed E-state index contributed by atoms with van der Waals surface area (Å²) in [7, 11) is 0. The number of H-pyrrole nitrogens is 1. The van der Waals surface area contributed by atoms with E-state index in [-0.39, 0.29) is 18.0 Å². The number of nitrogens with zero attached hydrogens (tertiary/aromatic N) is 1. The van der Waals surface area contributed by atoms with Gasteiger partial charge in [-0.05, 0) is 13.3 Å². The maximum Gasteiger partial charge on any atom is 0.222 e. The van der Waals surface area contributed by atoms with Crippen LogP contribution in [0.3, 0.4) is 0 Å². The van der Waals surface area contributed by atoms with Crippen LogP contribution >= 0.6 is 0 Å². The first-order chi connectivity index (χ1) is 7.63. The van der Waals surface area contributed by atoms with Gasteiger partial charge < -0.3 is 16.0 Å². The average Bonchev–Trinajstić information content (AvgIpc) is 2.69. The van der Waals surface area contributed by atoms with E-state index in [1.807, 2.05) is 6.92 Å². The first kappa shape index (κ1) is 12.7. The Morgan fingerprint density at radius 2 is 2.44 bits per heavy atom. The fraction of sp³-hybridized carbons (Fsp3) is 0.636. The molecule has 0 aliphatic carbocycles. The molecule has 0 spiro atoms. The van der Waals surface area contributed by atoms with Gasteiger partial charge in [-0.25, -0.2) is 4.98 Å². The summed E-state index contributed by atoms with van der Waals surface area (Å²) in [6.07, 6.45) is 5.66. The highest BCUT2D eigenvalue weighted by atomic mass is 16.1. The highest BCUT2D eigenvalue weighted by Crippen LogP contribution is 2.06. The standard InChI is InChI=1S/C11H20N4O/c1-3-4-9(12)7-10(16)15-8(2)11-13-5-6-14-11/h5-6,8-9H,3-4,7,12H2,1-2H3,(H,13,14)(H,15,16). The average molecular weight is 224 g/mol. The molecule has 4 N–H and O–H groups in total. The smallest absolute Gasteiger partial charge is 0.222 e. The van der Waals surface area contributed by atoms with E-state index < -0.39 is 0 Å². The van der Waals surface area contributed by atoms with Crippen LogP contribution in [0.1, 0.15) is 45.0 Å². The molecule has 2 unspecified atom stereocenters. The van der Waals surface area contributed by atoms with Crippen molar-refractivity contribution in [3.05, 3.63) is 18.2 Å². The lowest BCUT2D eigenvalue weighted by Gasteiger charge is -2.14. The lowest BCUT2D eigenvalue weighted by Crippen LogP contribution is -2.33. The third kappa shape index (κ3) is 4.02. The zero-order chi connectivity index (χ0) is 12.0. The van der Waals surface area contributed by atoms with Crippen molar-refractivity contribution in [2.75, 3.05) is 0 Å². The zero-order valence-electron chi connectivity index (χ0n) is 9.86. The number of aromatic nitrogens is 2. The third-order valence-corrected chi connectivity index (χ3v) is 2.41. The molecule has 0 radical (unpaired) electrons. The third-order valence-electron chi connectivity index (χ3n) is 2.41. The molecule has 0 fully saturated rings. The zero-order valence-corrected chi connectivity index (χ0v) is 9.86. The van der Waals surface area contributed by atoms with Crippen LogP contribution in [0, 0.1) is 0 Å². The van der Waals surface area contributed by atoms with Crippen molar-refractivity contribution in [2.24, 2.45) is 5.73 Å². The molecule has 0 bridgehead atoms. The summed E-state index contributed by atoms with van der Waals surface area (Å²) in [5, 5.41) is 2.86. The maximum absolute atomic E-state index is 11.6. The SMILES string of the molecule is CCCC(N)CC(=O)NC(C)c1ncc[nH]1. The summed E-state index contributed by atoms with van der Waals surface area (Å²) >= 11 is 0. The molecule has 1 rings (SSSR count). The number of nitrogens with one attached hydrogen (secondary N) is 2. The topological polar surface area (TPSA) is 83.8 Å². The Hall–Kier alpha value is -1.36. The molecule has 90 valence electrons. The van der Waals surface area contributed by atoms with Gasteiger partial charge in [0.25, 0.3) is 0 Å². The predicted molar refractivity (Wildman–Crippen MR) is 62.6 cm³/mol. The second-order valence-corrected chi connectivity index (χ2v) is 4.02. The number of nitrogens with two attached hydrogens (primary N) is 1. The Morgan fingerprint density at radius 1 is 1.69 bits per heavy atom. The molecular formula is C11H20N4O. The van der Waals surface area contributed by atoms with E-state index in [1.54, 1.807) is 12.4 Å². The van der Waals surface area contributed by atoms with Crippen molar-refractivity contribution in [2.45, 2.75) is 45.2 Å². The molecular weight excluding hydrogens is 204 g/mol. The van der Waals surface area contributed by atoms with Crippen LogP contribution in [0.15, 0.2) is 12.4 Å². The lowest BCUT2D eigenvalue weighted by molar-refractivity contribution is -0.122. The fourth-order valence-corrected chi connectivity index (χ4v) is 1.59. The molecule has 0 aliphatic rings. The van der Waals surface area contributed by atoms with Crippen molar-refractivity contribution in [3.63, 3.8) is 0 Å². The van der Waals surface area contributed by atoms with Gasteiger partial charge in [0.15, 0.2) is 0 Å². The van der Waals surface area contributed by atoms with Crippen molar-refractivity contribution >= 4 is 5.91 Å².